The van der Waals surface area contributed by atoms with Gasteiger partial charge in [-0.05, 0) is 18.1 Å². The van der Waals surface area contributed by atoms with Gasteiger partial charge in [-0.2, -0.15) is 0 Å². The first kappa shape index (κ1) is 17.3. The van der Waals surface area contributed by atoms with Crippen molar-refractivity contribution >= 4 is 23.5 Å². The zero-order valence-corrected chi connectivity index (χ0v) is 14.2. The summed E-state index contributed by atoms with van der Waals surface area (Å²) >= 11 is 1.67. The minimum atomic E-state index is -0.451. The van der Waals surface area contributed by atoms with Crippen LogP contribution in [0.4, 0.5) is 0 Å². The fourth-order valence-corrected chi connectivity index (χ4v) is 3.74. The van der Waals surface area contributed by atoms with Crippen LogP contribution in [0.15, 0.2) is 60.7 Å². The van der Waals surface area contributed by atoms with Crippen LogP contribution >= 0.6 is 11.8 Å². The van der Waals surface area contributed by atoms with E-state index in [0.717, 1.165) is 0 Å². The summed E-state index contributed by atoms with van der Waals surface area (Å²) in [5.41, 5.74) is 2.38. The van der Waals surface area contributed by atoms with E-state index in [-0.39, 0.29) is 16.9 Å². The molecule has 2 aromatic carbocycles. The Hall–Kier alpha value is -2.07. The van der Waals surface area contributed by atoms with E-state index >= 15 is 0 Å². The molecule has 0 bridgehead atoms. The van der Waals surface area contributed by atoms with Crippen molar-refractivity contribution in [2.45, 2.75) is 25.1 Å². The van der Waals surface area contributed by atoms with Crippen molar-refractivity contribution in [1.29, 1.82) is 0 Å². The van der Waals surface area contributed by atoms with Gasteiger partial charge in [0.15, 0.2) is 5.78 Å². The molecule has 1 N–H and O–H groups in total. The van der Waals surface area contributed by atoms with Gasteiger partial charge in [-0.15, -0.1) is 11.8 Å². The Morgan fingerprint density at radius 1 is 0.913 bits per heavy atom. The van der Waals surface area contributed by atoms with E-state index in [1.54, 1.807) is 11.8 Å². The predicted molar refractivity (Wildman–Crippen MR) is 95.5 cm³/mol. The monoisotopic (exact) mass is 327 g/mol. The quantitative estimate of drug-likeness (QED) is 0.845. The number of Topliss-reactive ketones (excluding diaryl/α,β-unsaturated/α-hetero) is 1. The van der Waals surface area contributed by atoms with Crippen molar-refractivity contribution in [1.82, 2.24) is 5.32 Å². The van der Waals surface area contributed by atoms with Gasteiger partial charge in [-0.25, -0.2) is 0 Å². The molecule has 4 heteroatoms. The van der Waals surface area contributed by atoms with Crippen LogP contribution in [0.25, 0.3) is 0 Å². The molecule has 0 saturated heterocycles. The molecular weight excluding hydrogens is 306 g/mol. The number of carbonyl (C=O) groups is 2. The molecule has 0 aliphatic carbocycles. The van der Waals surface area contributed by atoms with Gasteiger partial charge in [0.25, 0.3) is 0 Å². The molecule has 0 saturated carbocycles. The molecule has 0 fully saturated rings. The average molecular weight is 327 g/mol. The summed E-state index contributed by atoms with van der Waals surface area (Å²) in [5.74, 6) is 0.345. The van der Waals surface area contributed by atoms with Gasteiger partial charge in [-0.1, -0.05) is 60.7 Å². The fourth-order valence-electron chi connectivity index (χ4n) is 2.34. The van der Waals surface area contributed by atoms with Crippen molar-refractivity contribution in [2.75, 3.05) is 5.75 Å². The Bertz CT molecular complexity index is 603. The van der Waals surface area contributed by atoms with E-state index in [2.05, 4.69) is 29.6 Å². The first-order chi connectivity index (χ1) is 11.1. The third-order valence-electron chi connectivity index (χ3n) is 3.50. The summed E-state index contributed by atoms with van der Waals surface area (Å²) in [6, 6.07) is 20.0. The molecule has 0 radical (unpaired) electrons. The van der Waals surface area contributed by atoms with E-state index in [0.29, 0.717) is 5.75 Å². The van der Waals surface area contributed by atoms with Crippen molar-refractivity contribution in [3.05, 3.63) is 71.8 Å². The summed E-state index contributed by atoms with van der Waals surface area (Å²) < 4.78 is 0. The van der Waals surface area contributed by atoms with Crippen molar-refractivity contribution in [3.63, 3.8) is 0 Å². The lowest BCUT2D eigenvalue weighted by Crippen LogP contribution is -2.40. The highest BCUT2D eigenvalue weighted by molar-refractivity contribution is 7.99. The largest absolute Gasteiger partial charge is 0.346 e. The predicted octanol–water partition coefficient (Wildman–Crippen LogP) is 3.60. The lowest BCUT2D eigenvalue weighted by molar-refractivity contribution is -0.125. The molecule has 2 aromatic rings. The first-order valence-electron chi connectivity index (χ1n) is 7.57. The van der Waals surface area contributed by atoms with Crippen LogP contribution in [0.3, 0.4) is 0 Å². The number of carbonyl (C=O) groups excluding carboxylic acids is 2. The van der Waals surface area contributed by atoms with Crippen LogP contribution in [-0.2, 0) is 9.59 Å². The number of nitrogens with one attached hydrogen (secondary N) is 1. The SMILES string of the molecule is CC(=O)N[C@@H](CSC(c1ccccc1)c1ccccc1)C(C)=O. The van der Waals surface area contributed by atoms with Gasteiger partial charge in [0.05, 0.1) is 11.3 Å². The Morgan fingerprint density at radius 3 is 1.78 bits per heavy atom. The van der Waals surface area contributed by atoms with Crippen LogP contribution in [0.2, 0.25) is 0 Å². The number of thioether (sulfide) groups is 1. The van der Waals surface area contributed by atoms with E-state index in [9.17, 15) is 9.59 Å². The minimum absolute atomic E-state index is 0.0208. The summed E-state index contributed by atoms with van der Waals surface area (Å²) in [4.78, 5) is 23.0. The average Bonchev–Trinajstić information content (AvgIpc) is 2.55. The zero-order chi connectivity index (χ0) is 16.7. The second kappa shape index (κ2) is 8.53. The first-order valence-corrected chi connectivity index (χ1v) is 8.62. The molecule has 3 nitrogen and oxygen atoms in total. The Labute approximate surface area is 141 Å². The number of benzene rings is 2. The van der Waals surface area contributed by atoms with Gasteiger partial charge in [0.2, 0.25) is 5.91 Å². The van der Waals surface area contributed by atoms with E-state index in [1.807, 2.05) is 36.4 Å². The highest BCUT2D eigenvalue weighted by atomic mass is 32.2. The van der Waals surface area contributed by atoms with Crippen LogP contribution in [0, 0.1) is 0 Å². The number of rotatable bonds is 7. The lowest BCUT2D eigenvalue weighted by atomic mass is 10.0. The summed E-state index contributed by atoms with van der Waals surface area (Å²) in [5, 5.41) is 2.86. The topological polar surface area (TPSA) is 46.2 Å². The Morgan fingerprint density at radius 2 is 1.39 bits per heavy atom. The molecule has 0 aromatic heterocycles. The maximum atomic E-state index is 11.7. The van der Waals surface area contributed by atoms with Crippen molar-refractivity contribution < 1.29 is 9.59 Å². The highest BCUT2D eigenvalue weighted by Gasteiger charge is 2.20. The third kappa shape index (κ3) is 5.25. The molecule has 2 rings (SSSR count). The molecule has 0 spiro atoms. The molecule has 1 atom stereocenters. The number of hydrogen-bond acceptors (Lipinski definition) is 3. The third-order valence-corrected chi connectivity index (χ3v) is 4.91. The van der Waals surface area contributed by atoms with Crippen LogP contribution in [0.5, 0.6) is 0 Å². The summed E-state index contributed by atoms with van der Waals surface area (Å²) in [6.45, 7) is 2.95. The standard InChI is InChI=1S/C19H21NO2S/c1-14(21)18(20-15(2)22)13-23-19(16-9-5-3-6-10-16)17-11-7-4-8-12-17/h3-12,18-19H,13H2,1-2H3,(H,20,22)/t18-/m0/s1. The molecule has 120 valence electrons. The van der Waals surface area contributed by atoms with Gasteiger partial charge >= 0.3 is 0 Å². The number of ketones is 1. The highest BCUT2D eigenvalue weighted by Crippen LogP contribution is 2.35. The lowest BCUT2D eigenvalue weighted by Gasteiger charge is -2.21. The van der Waals surface area contributed by atoms with Gasteiger partial charge < -0.3 is 5.32 Å². The van der Waals surface area contributed by atoms with Gasteiger partial charge in [0, 0.05) is 12.7 Å². The fraction of sp³-hybridized carbons (Fsp3) is 0.263. The maximum absolute atomic E-state index is 11.7. The molecule has 0 aliphatic heterocycles. The molecule has 23 heavy (non-hydrogen) atoms. The molecular formula is C19H21NO2S. The molecule has 0 heterocycles. The molecule has 0 unspecified atom stereocenters. The van der Waals surface area contributed by atoms with Crippen LogP contribution < -0.4 is 5.32 Å². The smallest absolute Gasteiger partial charge is 0.217 e. The second-order valence-corrected chi connectivity index (χ2v) is 6.54. The Balaban J connectivity index is 2.18. The van der Waals surface area contributed by atoms with Crippen molar-refractivity contribution in [3.8, 4) is 0 Å². The maximum Gasteiger partial charge on any atom is 0.217 e. The minimum Gasteiger partial charge on any atom is -0.346 e. The van der Waals surface area contributed by atoms with Crippen LogP contribution in [0.1, 0.15) is 30.2 Å². The Kier molecular flexibility index (Phi) is 6.41. The number of hydrogen-bond donors (Lipinski definition) is 1. The van der Waals surface area contributed by atoms with E-state index in [4.69, 9.17) is 0 Å². The van der Waals surface area contributed by atoms with Gasteiger partial charge in [0.1, 0.15) is 0 Å². The summed E-state index contributed by atoms with van der Waals surface area (Å²) in [6.07, 6.45) is 0. The van der Waals surface area contributed by atoms with Gasteiger partial charge in [-0.3, -0.25) is 9.59 Å². The molecule has 0 aliphatic rings. The zero-order valence-electron chi connectivity index (χ0n) is 13.4. The summed E-state index contributed by atoms with van der Waals surface area (Å²) in [7, 11) is 0. The van der Waals surface area contributed by atoms with E-state index < -0.39 is 6.04 Å². The number of amides is 1. The van der Waals surface area contributed by atoms with E-state index in [1.165, 1.54) is 25.0 Å². The molecule has 1 amide bonds. The normalized spacial score (nSPS) is 12.0. The van der Waals surface area contributed by atoms with Crippen molar-refractivity contribution in [2.24, 2.45) is 0 Å². The second-order valence-electron chi connectivity index (χ2n) is 5.40. The van der Waals surface area contributed by atoms with Crippen LogP contribution in [-0.4, -0.2) is 23.5 Å².